The number of aromatic nitrogens is 4. The molecule has 0 aliphatic rings. The molecule has 28 heavy (non-hydrogen) atoms. The van der Waals surface area contributed by atoms with E-state index < -0.39 is 0 Å². The number of rotatable bonds is 6. The van der Waals surface area contributed by atoms with Gasteiger partial charge in [-0.05, 0) is 32.0 Å². The highest BCUT2D eigenvalue weighted by atomic mass is 35.5. The Labute approximate surface area is 171 Å². The number of fused-ring (bicyclic) bond motifs is 1. The van der Waals surface area contributed by atoms with Gasteiger partial charge in [-0.3, -0.25) is 14.0 Å². The minimum atomic E-state index is -0.322. The van der Waals surface area contributed by atoms with Crippen LogP contribution in [0.5, 0.6) is 0 Å². The maximum atomic E-state index is 12.4. The van der Waals surface area contributed by atoms with E-state index in [2.05, 4.69) is 20.5 Å². The first-order valence-corrected chi connectivity index (χ1v) is 9.82. The molecule has 2 amide bonds. The first kappa shape index (κ1) is 20.1. The van der Waals surface area contributed by atoms with Crippen LogP contribution >= 0.6 is 23.4 Å². The third-order valence-corrected chi connectivity index (χ3v) is 5.19. The summed E-state index contributed by atoms with van der Waals surface area (Å²) in [5.41, 5.74) is 2.31. The Morgan fingerprint density at radius 3 is 2.75 bits per heavy atom. The Morgan fingerprint density at radius 2 is 2.00 bits per heavy atom. The number of benzene rings is 1. The number of carbonyl (C=O) groups excluding carboxylic acids is 2. The number of carbonyl (C=O) groups is 2. The molecule has 1 N–H and O–H groups in total. The van der Waals surface area contributed by atoms with Gasteiger partial charge in [0.25, 0.3) is 5.78 Å². The molecule has 2 heterocycles. The predicted octanol–water partition coefficient (Wildman–Crippen LogP) is 2.58. The zero-order valence-corrected chi connectivity index (χ0v) is 17.2. The minimum absolute atomic E-state index is 0.0784. The number of aryl methyl sites for hydroxylation is 2. The van der Waals surface area contributed by atoms with Gasteiger partial charge in [0.05, 0.1) is 23.0 Å². The average Bonchev–Trinajstić information content (AvgIpc) is 3.04. The Bertz CT molecular complexity index is 1040. The lowest BCUT2D eigenvalue weighted by atomic mass is 10.3. The Morgan fingerprint density at radius 1 is 1.25 bits per heavy atom. The van der Waals surface area contributed by atoms with Gasteiger partial charge in [-0.2, -0.15) is 0 Å². The maximum Gasteiger partial charge on any atom is 0.256 e. The van der Waals surface area contributed by atoms with Crippen LogP contribution in [0.2, 0.25) is 5.02 Å². The molecule has 146 valence electrons. The van der Waals surface area contributed by atoms with Crippen molar-refractivity contribution in [2.45, 2.75) is 19.0 Å². The number of likely N-dealkylation sites (N-methyl/N-ethyl adjacent to an activating group) is 1. The van der Waals surface area contributed by atoms with Crippen molar-refractivity contribution in [2.24, 2.45) is 0 Å². The Hall–Kier alpha value is -2.65. The van der Waals surface area contributed by atoms with Gasteiger partial charge >= 0.3 is 0 Å². The van der Waals surface area contributed by atoms with Crippen LogP contribution in [0, 0.1) is 13.8 Å². The molecule has 0 spiro atoms. The van der Waals surface area contributed by atoms with Gasteiger partial charge in [-0.15, -0.1) is 10.2 Å². The first-order valence-electron chi connectivity index (χ1n) is 8.45. The molecule has 1 aromatic carbocycles. The van der Waals surface area contributed by atoms with Crippen molar-refractivity contribution in [1.82, 2.24) is 24.5 Å². The number of nitrogens with one attached hydrogen (secondary N) is 1. The zero-order chi connectivity index (χ0) is 20.3. The molecule has 3 rings (SSSR count). The fraction of sp³-hybridized carbons (Fsp3) is 0.278. The Kier molecular flexibility index (Phi) is 6.15. The highest BCUT2D eigenvalue weighted by Crippen LogP contribution is 2.21. The van der Waals surface area contributed by atoms with E-state index in [4.69, 9.17) is 11.6 Å². The van der Waals surface area contributed by atoms with E-state index in [1.807, 2.05) is 19.9 Å². The molecule has 0 aliphatic heterocycles. The molecule has 10 heteroatoms. The van der Waals surface area contributed by atoms with Crippen molar-refractivity contribution >= 4 is 46.6 Å². The van der Waals surface area contributed by atoms with Crippen LogP contribution in [0.15, 0.2) is 35.5 Å². The van der Waals surface area contributed by atoms with Crippen molar-refractivity contribution in [1.29, 1.82) is 0 Å². The fourth-order valence-corrected chi connectivity index (χ4v) is 3.70. The number of para-hydroxylation sites is 1. The second kappa shape index (κ2) is 8.57. The number of anilines is 1. The third kappa shape index (κ3) is 4.60. The molecule has 8 nitrogen and oxygen atoms in total. The highest BCUT2D eigenvalue weighted by Gasteiger charge is 2.17. The summed E-state index contributed by atoms with van der Waals surface area (Å²) in [7, 11) is 1.58. The average molecular weight is 419 g/mol. The second-order valence-corrected chi connectivity index (χ2v) is 7.57. The van der Waals surface area contributed by atoms with Crippen molar-refractivity contribution in [3.8, 4) is 0 Å². The largest absolute Gasteiger partial charge is 0.336 e. The predicted molar refractivity (Wildman–Crippen MR) is 109 cm³/mol. The SMILES string of the molecule is Cc1cc(C)n2c(SCC(=O)N(C)CC(=O)Nc3ccccc3Cl)nnc2n1. The van der Waals surface area contributed by atoms with Crippen LogP contribution < -0.4 is 5.32 Å². The van der Waals surface area contributed by atoms with Gasteiger partial charge < -0.3 is 10.2 Å². The fourth-order valence-electron chi connectivity index (χ4n) is 2.59. The molecule has 0 saturated heterocycles. The third-order valence-electron chi connectivity index (χ3n) is 3.94. The topological polar surface area (TPSA) is 92.5 Å². The summed E-state index contributed by atoms with van der Waals surface area (Å²) >= 11 is 7.28. The van der Waals surface area contributed by atoms with Gasteiger partial charge in [0.15, 0.2) is 5.16 Å². The van der Waals surface area contributed by atoms with E-state index in [0.29, 0.717) is 21.6 Å². The number of halogens is 1. The molecule has 0 saturated carbocycles. The summed E-state index contributed by atoms with van der Waals surface area (Å²) in [5, 5.41) is 11.9. The van der Waals surface area contributed by atoms with Gasteiger partial charge in [0.2, 0.25) is 11.8 Å². The molecule has 0 aliphatic carbocycles. The maximum absolute atomic E-state index is 12.4. The van der Waals surface area contributed by atoms with E-state index in [9.17, 15) is 9.59 Å². The molecular weight excluding hydrogens is 400 g/mol. The van der Waals surface area contributed by atoms with Crippen LogP contribution in [-0.4, -0.2) is 55.6 Å². The van der Waals surface area contributed by atoms with Gasteiger partial charge in [0, 0.05) is 18.4 Å². The summed E-state index contributed by atoms with van der Waals surface area (Å²) in [6.07, 6.45) is 0. The van der Waals surface area contributed by atoms with E-state index in [0.717, 1.165) is 11.4 Å². The number of hydrogen-bond donors (Lipinski definition) is 1. The molecule has 0 atom stereocenters. The van der Waals surface area contributed by atoms with Crippen LogP contribution in [0.3, 0.4) is 0 Å². The van der Waals surface area contributed by atoms with Crippen molar-refractivity contribution in [2.75, 3.05) is 24.7 Å². The van der Waals surface area contributed by atoms with Crippen LogP contribution in [0.4, 0.5) is 5.69 Å². The van der Waals surface area contributed by atoms with E-state index in [1.165, 1.54) is 16.7 Å². The summed E-state index contributed by atoms with van der Waals surface area (Å²) in [4.78, 5) is 30.2. The summed E-state index contributed by atoms with van der Waals surface area (Å²) in [5.74, 6) is 0.107. The quantitative estimate of drug-likeness (QED) is 0.618. The normalized spacial score (nSPS) is 10.9. The lowest BCUT2D eigenvalue weighted by Gasteiger charge is -2.16. The minimum Gasteiger partial charge on any atom is -0.336 e. The number of hydrogen-bond acceptors (Lipinski definition) is 6. The van der Waals surface area contributed by atoms with E-state index in [1.54, 1.807) is 35.7 Å². The van der Waals surface area contributed by atoms with Gasteiger partial charge in [-0.25, -0.2) is 4.98 Å². The first-order chi connectivity index (χ1) is 13.3. The van der Waals surface area contributed by atoms with Crippen LogP contribution in [0.25, 0.3) is 5.78 Å². The number of nitrogens with zero attached hydrogens (tertiary/aromatic N) is 5. The van der Waals surface area contributed by atoms with Gasteiger partial charge in [0.1, 0.15) is 0 Å². The van der Waals surface area contributed by atoms with Crippen molar-refractivity contribution < 1.29 is 9.59 Å². The molecule has 0 bridgehead atoms. The summed E-state index contributed by atoms with van der Waals surface area (Å²) in [6, 6.07) is 8.86. The monoisotopic (exact) mass is 418 g/mol. The van der Waals surface area contributed by atoms with E-state index >= 15 is 0 Å². The van der Waals surface area contributed by atoms with Crippen molar-refractivity contribution in [3.63, 3.8) is 0 Å². The Balaban J connectivity index is 1.57. The second-order valence-electron chi connectivity index (χ2n) is 6.22. The lowest BCUT2D eigenvalue weighted by Crippen LogP contribution is -2.36. The van der Waals surface area contributed by atoms with Gasteiger partial charge in [-0.1, -0.05) is 35.5 Å². The molecular formula is C18H19ClN6O2S. The van der Waals surface area contributed by atoms with Crippen molar-refractivity contribution in [3.05, 3.63) is 46.7 Å². The molecule has 0 radical (unpaired) electrons. The smallest absolute Gasteiger partial charge is 0.256 e. The number of amides is 2. The molecule has 0 unspecified atom stereocenters. The number of thioether (sulfide) groups is 1. The summed E-state index contributed by atoms with van der Waals surface area (Å²) in [6.45, 7) is 3.74. The standard InChI is InChI=1S/C18H19ClN6O2S/c1-11-8-12(2)25-17(20-11)22-23-18(25)28-10-16(27)24(3)9-15(26)21-14-7-5-4-6-13(14)19/h4-8H,9-10H2,1-3H3,(H,21,26). The van der Waals surface area contributed by atoms with E-state index in [-0.39, 0.29) is 24.1 Å². The molecule has 3 aromatic rings. The zero-order valence-electron chi connectivity index (χ0n) is 15.6. The van der Waals surface area contributed by atoms with Crippen LogP contribution in [0.1, 0.15) is 11.4 Å². The molecule has 0 fully saturated rings. The van der Waals surface area contributed by atoms with Crippen LogP contribution in [-0.2, 0) is 9.59 Å². The highest BCUT2D eigenvalue weighted by molar-refractivity contribution is 7.99. The molecule has 2 aromatic heterocycles. The summed E-state index contributed by atoms with van der Waals surface area (Å²) < 4.78 is 1.80. The lowest BCUT2D eigenvalue weighted by molar-refractivity contribution is -0.131.